The Hall–Kier alpha value is -1.06. The number of esters is 1. The molecule has 0 saturated heterocycles. The van der Waals surface area contributed by atoms with Crippen LogP contribution in [0.15, 0.2) is 24.3 Å². The molecule has 0 aliphatic carbocycles. The molecule has 0 aromatic heterocycles. The van der Waals surface area contributed by atoms with Crippen LogP contribution in [0, 0.1) is 5.92 Å². The molecule has 0 heterocycles. The van der Waals surface area contributed by atoms with E-state index in [9.17, 15) is 4.79 Å². The van der Waals surface area contributed by atoms with E-state index in [-0.39, 0.29) is 12.1 Å². The molecule has 0 fully saturated rings. The van der Waals surface area contributed by atoms with Gasteiger partial charge >= 0.3 is 5.97 Å². The van der Waals surface area contributed by atoms with E-state index < -0.39 is 0 Å². The monoisotopic (exact) mass is 298 g/mol. The van der Waals surface area contributed by atoms with E-state index in [1.807, 2.05) is 6.92 Å². The summed E-state index contributed by atoms with van der Waals surface area (Å²) in [5.41, 5.74) is 0.485. The quantitative estimate of drug-likeness (QED) is 0.529. The van der Waals surface area contributed by atoms with E-state index in [0.29, 0.717) is 23.1 Å². The maximum absolute atomic E-state index is 11.9. The molecule has 2 unspecified atom stereocenters. The van der Waals surface area contributed by atoms with Crippen LogP contribution in [0.1, 0.15) is 44.0 Å². The third-order valence-electron chi connectivity index (χ3n) is 2.85. The molecule has 0 saturated carbocycles. The summed E-state index contributed by atoms with van der Waals surface area (Å²) < 4.78 is 10.9. The van der Waals surface area contributed by atoms with Crippen molar-refractivity contribution in [2.75, 3.05) is 13.2 Å². The van der Waals surface area contributed by atoms with Crippen molar-refractivity contribution in [2.45, 2.75) is 39.7 Å². The number of benzene rings is 1. The van der Waals surface area contributed by atoms with E-state index in [0.717, 1.165) is 19.4 Å². The minimum atomic E-state index is -0.332. The Kier molecular flexibility index (Phi) is 7.63. The lowest BCUT2D eigenvalue weighted by Gasteiger charge is -2.18. The number of carbonyl (C=O) groups is 1. The van der Waals surface area contributed by atoms with Crippen LogP contribution in [0.25, 0.3) is 0 Å². The number of ether oxygens (including phenoxy) is 2. The maximum Gasteiger partial charge on any atom is 0.338 e. The Morgan fingerprint density at radius 3 is 2.75 bits per heavy atom. The molecule has 0 spiro atoms. The van der Waals surface area contributed by atoms with E-state index >= 15 is 0 Å². The largest absolute Gasteiger partial charge is 0.459 e. The van der Waals surface area contributed by atoms with Gasteiger partial charge in [-0.25, -0.2) is 4.79 Å². The predicted octanol–water partition coefficient (Wildman–Crippen LogP) is 4.34. The van der Waals surface area contributed by atoms with Crippen LogP contribution in [-0.4, -0.2) is 25.3 Å². The van der Waals surface area contributed by atoms with Gasteiger partial charge in [0.2, 0.25) is 0 Å². The molecule has 0 radical (unpaired) electrons. The Morgan fingerprint density at radius 2 is 2.10 bits per heavy atom. The summed E-state index contributed by atoms with van der Waals surface area (Å²) in [6, 6.07) is 6.79. The summed E-state index contributed by atoms with van der Waals surface area (Å²) in [4.78, 5) is 11.9. The molecule has 1 aromatic carbocycles. The van der Waals surface area contributed by atoms with Gasteiger partial charge in [0.1, 0.15) is 0 Å². The molecular weight excluding hydrogens is 276 g/mol. The summed E-state index contributed by atoms with van der Waals surface area (Å²) in [5, 5.41) is 0.536. The van der Waals surface area contributed by atoms with Gasteiger partial charge < -0.3 is 9.47 Å². The third kappa shape index (κ3) is 6.40. The van der Waals surface area contributed by atoms with Crippen molar-refractivity contribution in [1.29, 1.82) is 0 Å². The maximum atomic E-state index is 11.9. The van der Waals surface area contributed by atoms with Crippen molar-refractivity contribution in [2.24, 2.45) is 5.92 Å². The first-order valence-electron chi connectivity index (χ1n) is 7.07. The SMILES string of the molecule is CCCOCC(C)CC(C)OC(=O)c1cccc(Cl)c1. The Balaban J connectivity index is 2.38. The van der Waals surface area contributed by atoms with E-state index in [2.05, 4.69) is 13.8 Å². The van der Waals surface area contributed by atoms with E-state index in [1.54, 1.807) is 24.3 Å². The van der Waals surface area contributed by atoms with E-state index in [1.165, 1.54) is 0 Å². The fourth-order valence-electron chi connectivity index (χ4n) is 1.98. The van der Waals surface area contributed by atoms with Crippen molar-refractivity contribution in [1.82, 2.24) is 0 Å². The number of carbonyl (C=O) groups excluding carboxylic acids is 1. The first-order chi connectivity index (χ1) is 9.52. The molecule has 2 atom stereocenters. The first-order valence-corrected chi connectivity index (χ1v) is 7.45. The summed E-state index contributed by atoms with van der Waals surface area (Å²) in [6.07, 6.45) is 1.67. The zero-order chi connectivity index (χ0) is 15.0. The lowest BCUT2D eigenvalue weighted by molar-refractivity contribution is 0.0231. The van der Waals surface area contributed by atoms with Crippen molar-refractivity contribution >= 4 is 17.6 Å². The van der Waals surface area contributed by atoms with Gasteiger partial charge in [-0.3, -0.25) is 0 Å². The van der Waals surface area contributed by atoms with Crippen molar-refractivity contribution in [3.63, 3.8) is 0 Å². The number of rotatable bonds is 8. The lowest BCUT2D eigenvalue weighted by Crippen LogP contribution is -2.20. The highest BCUT2D eigenvalue weighted by Crippen LogP contribution is 2.15. The molecule has 4 heteroatoms. The van der Waals surface area contributed by atoms with Gasteiger partial charge in [0.15, 0.2) is 0 Å². The molecular formula is C16H23ClO3. The van der Waals surface area contributed by atoms with Crippen LogP contribution < -0.4 is 0 Å². The number of hydrogen-bond donors (Lipinski definition) is 0. The molecule has 0 aliphatic heterocycles. The summed E-state index contributed by atoms with van der Waals surface area (Å²) in [6.45, 7) is 7.56. The predicted molar refractivity (Wildman–Crippen MR) is 81.2 cm³/mol. The number of halogens is 1. The zero-order valence-electron chi connectivity index (χ0n) is 12.4. The topological polar surface area (TPSA) is 35.5 Å². The lowest BCUT2D eigenvalue weighted by atomic mass is 10.1. The molecule has 1 rings (SSSR count). The van der Waals surface area contributed by atoms with Gasteiger partial charge in [-0.05, 0) is 43.9 Å². The fraction of sp³-hybridized carbons (Fsp3) is 0.562. The highest BCUT2D eigenvalue weighted by atomic mass is 35.5. The molecule has 0 bridgehead atoms. The van der Waals surface area contributed by atoms with Gasteiger partial charge in [-0.15, -0.1) is 0 Å². The van der Waals surface area contributed by atoms with Crippen LogP contribution >= 0.6 is 11.6 Å². The second kappa shape index (κ2) is 8.98. The highest BCUT2D eigenvalue weighted by molar-refractivity contribution is 6.30. The highest BCUT2D eigenvalue weighted by Gasteiger charge is 2.15. The second-order valence-electron chi connectivity index (χ2n) is 5.14. The van der Waals surface area contributed by atoms with Gasteiger partial charge in [-0.2, -0.15) is 0 Å². The second-order valence-corrected chi connectivity index (χ2v) is 5.58. The van der Waals surface area contributed by atoms with Crippen molar-refractivity contribution in [3.8, 4) is 0 Å². The summed E-state index contributed by atoms with van der Waals surface area (Å²) in [5.74, 6) is 0.0328. The van der Waals surface area contributed by atoms with Crippen LogP contribution in [0.2, 0.25) is 5.02 Å². The first kappa shape index (κ1) is 17.0. The van der Waals surface area contributed by atoms with Crippen LogP contribution in [-0.2, 0) is 9.47 Å². The van der Waals surface area contributed by atoms with Crippen LogP contribution in [0.5, 0.6) is 0 Å². The smallest absolute Gasteiger partial charge is 0.338 e. The minimum Gasteiger partial charge on any atom is -0.459 e. The third-order valence-corrected chi connectivity index (χ3v) is 3.09. The zero-order valence-corrected chi connectivity index (χ0v) is 13.2. The standard InChI is InChI=1S/C16H23ClO3/c1-4-8-19-11-12(2)9-13(3)20-16(18)14-6-5-7-15(17)10-14/h5-7,10,12-13H,4,8-9,11H2,1-3H3. The van der Waals surface area contributed by atoms with Gasteiger partial charge in [0.25, 0.3) is 0 Å². The number of hydrogen-bond acceptors (Lipinski definition) is 3. The minimum absolute atomic E-state index is 0.137. The average molecular weight is 299 g/mol. The van der Waals surface area contributed by atoms with Crippen LogP contribution in [0.3, 0.4) is 0 Å². The average Bonchev–Trinajstić information content (AvgIpc) is 2.38. The Morgan fingerprint density at radius 1 is 1.35 bits per heavy atom. The van der Waals surface area contributed by atoms with E-state index in [4.69, 9.17) is 21.1 Å². The van der Waals surface area contributed by atoms with Crippen molar-refractivity contribution in [3.05, 3.63) is 34.9 Å². The molecule has 112 valence electrons. The van der Waals surface area contributed by atoms with Crippen LogP contribution in [0.4, 0.5) is 0 Å². The normalized spacial score (nSPS) is 13.8. The van der Waals surface area contributed by atoms with Gasteiger partial charge in [-0.1, -0.05) is 31.5 Å². The molecule has 0 aliphatic rings. The van der Waals surface area contributed by atoms with Gasteiger partial charge in [0.05, 0.1) is 11.7 Å². The summed E-state index contributed by atoms with van der Waals surface area (Å²) >= 11 is 5.86. The van der Waals surface area contributed by atoms with Gasteiger partial charge in [0, 0.05) is 18.2 Å². The Bertz CT molecular complexity index is 420. The van der Waals surface area contributed by atoms with Crippen molar-refractivity contribution < 1.29 is 14.3 Å². The molecule has 1 aromatic rings. The Labute approximate surface area is 126 Å². The molecule has 0 amide bonds. The molecule has 3 nitrogen and oxygen atoms in total. The molecule has 20 heavy (non-hydrogen) atoms. The molecule has 0 N–H and O–H groups in total. The summed E-state index contributed by atoms with van der Waals surface area (Å²) in [7, 11) is 0. The fourth-order valence-corrected chi connectivity index (χ4v) is 2.17.